The van der Waals surface area contributed by atoms with Gasteiger partial charge in [-0.3, -0.25) is 14.5 Å². The predicted octanol–water partition coefficient (Wildman–Crippen LogP) is 0.104. The van der Waals surface area contributed by atoms with Crippen molar-refractivity contribution >= 4 is 5.91 Å². The van der Waals surface area contributed by atoms with E-state index in [0.29, 0.717) is 12.5 Å². The number of carbonyl (C=O) groups is 1. The third kappa shape index (κ3) is 2.85. The second kappa shape index (κ2) is 5.60. The van der Waals surface area contributed by atoms with E-state index in [1.54, 1.807) is 16.8 Å². The van der Waals surface area contributed by atoms with Crippen LogP contribution in [-0.2, 0) is 11.3 Å². The van der Waals surface area contributed by atoms with E-state index in [1.807, 2.05) is 18.9 Å². The highest BCUT2D eigenvalue weighted by atomic mass is 16.2. The Labute approximate surface area is 124 Å². The minimum Gasteiger partial charge on any atom is -0.344 e. The zero-order chi connectivity index (χ0) is 15.0. The number of likely N-dealkylation sites (N-methyl/N-ethyl adjacent to an activating group) is 1. The molecule has 2 aliphatic heterocycles. The summed E-state index contributed by atoms with van der Waals surface area (Å²) in [6.45, 7) is 5.17. The molecule has 1 unspecified atom stereocenters. The van der Waals surface area contributed by atoms with Crippen LogP contribution in [0.3, 0.4) is 0 Å². The van der Waals surface area contributed by atoms with E-state index < -0.39 is 0 Å². The summed E-state index contributed by atoms with van der Waals surface area (Å²) in [5.74, 6) is 0.655. The van der Waals surface area contributed by atoms with Crippen LogP contribution in [-0.4, -0.2) is 58.2 Å². The molecule has 1 aromatic rings. The zero-order valence-electron chi connectivity index (χ0n) is 12.7. The fourth-order valence-electron chi connectivity index (χ4n) is 3.25. The molecule has 21 heavy (non-hydrogen) atoms. The molecule has 6 nitrogen and oxygen atoms in total. The Kier molecular flexibility index (Phi) is 3.80. The average Bonchev–Trinajstić information content (AvgIpc) is 2.41. The van der Waals surface area contributed by atoms with Crippen molar-refractivity contribution in [2.24, 2.45) is 5.92 Å². The smallest absolute Gasteiger partial charge is 0.266 e. The van der Waals surface area contributed by atoms with Crippen LogP contribution in [0.15, 0.2) is 16.9 Å². The highest BCUT2D eigenvalue weighted by Gasteiger charge is 2.38. The second-order valence-corrected chi connectivity index (χ2v) is 6.23. The largest absolute Gasteiger partial charge is 0.344 e. The van der Waals surface area contributed by atoms with Crippen molar-refractivity contribution in [3.05, 3.63) is 28.2 Å². The van der Waals surface area contributed by atoms with E-state index in [2.05, 4.69) is 10.00 Å². The Hall–Kier alpha value is -1.69. The first-order valence-corrected chi connectivity index (χ1v) is 7.58. The minimum absolute atomic E-state index is 0.0437. The van der Waals surface area contributed by atoms with E-state index in [-0.39, 0.29) is 17.5 Å². The number of carbonyl (C=O) groups excluding carboxylic acids is 1. The molecule has 0 saturated carbocycles. The Morgan fingerprint density at radius 3 is 2.81 bits per heavy atom. The van der Waals surface area contributed by atoms with Gasteiger partial charge >= 0.3 is 0 Å². The highest BCUT2D eigenvalue weighted by molar-refractivity contribution is 5.82. The summed E-state index contributed by atoms with van der Waals surface area (Å²) >= 11 is 0. The van der Waals surface area contributed by atoms with Gasteiger partial charge in [-0.2, -0.15) is 5.10 Å². The van der Waals surface area contributed by atoms with Crippen LogP contribution < -0.4 is 5.56 Å². The lowest BCUT2D eigenvalue weighted by Crippen LogP contribution is -2.60. The number of amides is 1. The standard InChI is InChI=1S/C15H22N4O2/c1-11-5-6-14(20)19(16-11)10-12-8-18(9-12)13-4-3-7-17(2)15(13)21/h5-6,12-13H,3-4,7-10H2,1-2H3. The number of likely N-dealkylation sites (tertiary alicyclic amines) is 2. The number of aryl methyl sites for hydroxylation is 1. The van der Waals surface area contributed by atoms with Crippen molar-refractivity contribution in [2.75, 3.05) is 26.7 Å². The van der Waals surface area contributed by atoms with Gasteiger partial charge in [0.15, 0.2) is 0 Å². The molecule has 0 aliphatic carbocycles. The van der Waals surface area contributed by atoms with Crippen molar-refractivity contribution in [1.29, 1.82) is 0 Å². The molecule has 114 valence electrons. The van der Waals surface area contributed by atoms with Crippen LogP contribution in [0.25, 0.3) is 0 Å². The summed E-state index contributed by atoms with van der Waals surface area (Å²) in [6.07, 6.45) is 2.03. The molecule has 1 amide bonds. The van der Waals surface area contributed by atoms with Gasteiger partial charge < -0.3 is 4.90 Å². The Balaban J connectivity index is 1.57. The molecular formula is C15H22N4O2. The first-order valence-electron chi connectivity index (χ1n) is 7.58. The van der Waals surface area contributed by atoms with E-state index in [4.69, 9.17) is 0 Å². The molecule has 0 N–H and O–H groups in total. The van der Waals surface area contributed by atoms with Gasteiger partial charge in [-0.05, 0) is 25.8 Å². The second-order valence-electron chi connectivity index (χ2n) is 6.23. The van der Waals surface area contributed by atoms with Crippen molar-refractivity contribution in [3.8, 4) is 0 Å². The third-order valence-electron chi connectivity index (χ3n) is 4.49. The van der Waals surface area contributed by atoms with E-state index in [0.717, 1.165) is 38.2 Å². The van der Waals surface area contributed by atoms with E-state index in [1.165, 1.54) is 0 Å². The quantitative estimate of drug-likeness (QED) is 0.792. The Morgan fingerprint density at radius 1 is 1.29 bits per heavy atom. The molecule has 2 aliphatic rings. The van der Waals surface area contributed by atoms with Crippen LogP contribution in [0.2, 0.25) is 0 Å². The summed E-state index contributed by atoms with van der Waals surface area (Å²) in [5, 5.41) is 4.27. The molecule has 3 rings (SSSR count). The number of rotatable bonds is 3. The van der Waals surface area contributed by atoms with Gasteiger partial charge in [-0.15, -0.1) is 0 Å². The maximum Gasteiger partial charge on any atom is 0.266 e. The summed E-state index contributed by atoms with van der Waals surface area (Å²) in [7, 11) is 1.88. The number of hydrogen-bond acceptors (Lipinski definition) is 4. The molecule has 1 aromatic heterocycles. The summed E-state index contributed by atoms with van der Waals surface area (Å²) in [4.78, 5) is 28.0. The Bertz CT molecular complexity index is 592. The monoisotopic (exact) mass is 290 g/mol. The minimum atomic E-state index is -0.0486. The highest BCUT2D eigenvalue weighted by Crippen LogP contribution is 2.25. The van der Waals surface area contributed by atoms with E-state index >= 15 is 0 Å². The van der Waals surface area contributed by atoms with Crippen molar-refractivity contribution in [1.82, 2.24) is 19.6 Å². The van der Waals surface area contributed by atoms with Gasteiger partial charge in [0.1, 0.15) is 0 Å². The van der Waals surface area contributed by atoms with Gasteiger partial charge in [0.2, 0.25) is 5.91 Å². The van der Waals surface area contributed by atoms with Gasteiger partial charge in [-0.1, -0.05) is 0 Å². The van der Waals surface area contributed by atoms with Gasteiger partial charge in [0, 0.05) is 38.7 Å². The molecule has 6 heteroatoms. The van der Waals surface area contributed by atoms with Gasteiger partial charge in [0.25, 0.3) is 5.56 Å². The van der Waals surface area contributed by atoms with Crippen molar-refractivity contribution in [2.45, 2.75) is 32.4 Å². The lowest BCUT2D eigenvalue weighted by molar-refractivity contribution is -0.142. The van der Waals surface area contributed by atoms with Crippen LogP contribution in [0.1, 0.15) is 18.5 Å². The van der Waals surface area contributed by atoms with Crippen molar-refractivity contribution in [3.63, 3.8) is 0 Å². The summed E-state index contributed by atoms with van der Waals surface area (Å²) in [6, 6.07) is 3.35. The molecule has 3 heterocycles. The molecule has 0 bridgehead atoms. The fraction of sp³-hybridized carbons (Fsp3) is 0.667. The normalized spacial score (nSPS) is 24.2. The predicted molar refractivity (Wildman–Crippen MR) is 79.0 cm³/mol. The number of hydrogen-bond donors (Lipinski definition) is 0. The molecule has 2 saturated heterocycles. The molecule has 1 atom stereocenters. The molecule has 0 spiro atoms. The van der Waals surface area contributed by atoms with Crippen LogP contribution >= 0.6 is 0 Å². The van der Waals surface area contributed by atoms with Crippen LogP contribution in [0.4, 0.5) is 0 Å². The lowest BCUT2D eigenvalue weighted by atomic mass is 9.93. The molecule has 2 fully saturated rings. The zero-order valence-corrected chi connectivity index (χ0v) is 12.7. The van der Waals surface area contributed by atoms with Gasteiger partial charge in [-0.25, -0.2) is 4.68 Å². The van der Waals surface area contributed by atoms with Gasteiger partial charge in [0.05, 0.1) is 18.3 Å². The van der Waals surface area contributed by atoms with Crippen molar-refractivity contribution < 1.29 is 4.79 Å². The maximum absolute atomic E-state index is 12.1. The first-order chi connectivity index (χ1) is 10.0. The fourth-order valence-corrected chi connectivity index (χ4v) is 3.25. The molecule has 0 radical (unpaired) electrons. The topological polar surface area (TPSA) is 58.4 Å². The number of aromatic nitrogens is 2. The Morgan fingerprint density at radius 2 is 2.05 bits per heavy atom. The summed E-state index contributed by atoms with van der Waals surface area (Å²) in [5.41, 5.74) is 0.808. The SMILES string of the molecule is Cc1ccc(=O)n(CC2CN(C3CCCN(C)C3=O)C2)n1. The lowest BCUT2D eigenvalue weighted by Gasteiger charge is -2.46. The van der Waals surface area contributed by atoms with E-state index in [9.17, 15) is 9.59 Å². The van der Waals surface area contributed by atoms with Crippen LogP contribution in [0, 0.1) is 12.8 Å². The first kappa shape index (κ1) is 14.3. The number of nitrogens with zero attached hydrogens (tertiary/aromatic N) is 4. The summed E-state index contributed by atoms with van der Waals surface area (Å²) < 4.78 is 1.55. The third-order valence-corrected chi connectivity index (χ3v) is 4.49. The molecular weight excluding hydrogens is 268 g/mol. The maximum atomic E-state index is 12.1. The number of piperidine rings is 1. The average molecular weight is 290 g/mol. The van der Waals surface area contributed by atoms with Crippen LogP contribution in [0.5, 0.6) is 0 Å². The molecule has 0 aromatic carbocycles.